The van der Waals surface area contributed by atoms with Gasteiger partial charge in [0, 0.05) is 24.9 Å². The van der Waals surface area contributed by atoms with E-state index in [4.69, 9.17) is 19.3 Å². The van der Waals surface area contributed by atoms with E-state index in [2.05, 4.69) is 39.9 Å². The van der Waals surface area contributed by atoms with E-state index in [1.807, 2.05) is 0 Å². The van der Waals surface area contributed by atoms with Crippen LogP contribution in [-0.4, -0.2) is 77.0 Å². The molecule has 0 heterocycles. The Morgan fingerprint density at radius 1 is 1.00 bits per heavy atom. The largest absolute Gasteiger partial charge is 0.480 e. The highest BCUT2D eigenvalue weighted by molar-refractivity contribution is 5.76. The number of ether oxygens (including phenoxy) is 3. The molecule has 46 heavy (non-hydrogen) atoms. The summed E-state index contributed by atoms with van der Waals surface area (Å²) in [6.45, 7) is 15.6. The lowest BCUT2D eigenvalue weighted by molar-refractivity contribution is -0.186. The fourth-order valence-corrected chi connectivity index (χ4v) is 12.5. The van der Waals surface area contributed by atoms with Gasteiger partial charge in [-0.1, -0.05) is 34.6 Å². The molecule has 7 unspecified atom stereocenters. The van der Waals surface area contributed by atoms with Gasteiger partial charge in [0.1, 0.15) is 12.6 Å². The number of hydrogen-bond donors (Lipinski definition) is 4. The summed E-state index contributed by atoms with van der Waals surface area (Å²) < 4.78 is 17.3. The van der Waals surface area contributed by atoms with Crippen LogP contribution in [0.5, 0.6) is 0 Å². The number of aliphatic hydroxyl groups is 2. The summed E-state index contributed by atoms with van der Waals surface area (Å²) in [4.78, 5) is 35.3. The van der Waals surface area contributed by atoms with Crippen LogP contribution in [0.4, 0.5) is 4.79 Å². The van der Waals surface area contributed by atoms with Gasteiger partial charge in [-0.3, -0.25) is 9.59 Å². The van der Waals surface area contributed by atoms with Crippen LogP contribution in [0.15, 0.2) is 0 Å². The number of methoxy groups -OCH3 is 1. The van der Waals surface area contributed by atoms with Crippen LogP contribution in [0.2, 0.25) is 0 Å². The number of carbonyl (C=O) groups excluding carboxylic acids is 2. The number of carboxylic acid groups (broad SMARTS) is 1. The van der Waals surface area contributed by atoms with Crippen LogP contribution < -0.4 is 5.32 Å². The monoisotopic (exact) mass is 649 g/mol. The number of carbonyl (C=O) groups is 3. The molecule has 5 saturated carbocycles. The summed E-state index contributed by atoms with van der Waals surface area (Å²) in [6, 6.07) is 0. The van der Waals surface area contributed by atoms with Gasteiger partial charge in [-0.05, 0) is 112 Å². The van der Waals surface area contributed by atoms with Gasteiger partial charge >= 0.3 is 18.0 Å². The van der Waals surface area contributed by atoms with Gasteiger partial charge in [0.2, 0.25) is 0 Å². The Hall–Kier alpha value is -1.91. The Morgan fingerprint density at radius 3 is 2.22 bits per heavy atom. The number of hydrogen-bond acceptors (Lipinski definition) is 8. The number of nitrogens with one attached hydrogen (secondary N) is 1. The van der Waals surface area contributed by atoms with Gasteiger partial charge < -0.3 is 34.8 Å². The maximum Gasteiger partial charge on any atom is 0.407 e. The first-order valence-corrected chi connectivity index (χ1v) is 17.5. The topological polar surface area (TPSA) is 152 Å². The smallest absolute Gasteiger partial charge is 0.407 e. The maximum atomic E-state index is 12.5. The zero-order valence-corrected chi connectivity index (χ0v) is 29.5. The first kappa shape index (κ1) is 35.4. The fourth-order valence-electron chi connectivity index (χ4n) is 12.5. The molecule has 5 aliphatic carbocycles. The average molecular weight is 650 g/mol. The van der Waals surface area contributed by atoms with Crippen molar-refractivity contribution in [3.05, 3.63) is 0 Å². The van der Waals surface area contributed by atoms with Crippen LogP contribution in [0.1, 0.15) is 113 Å². The average Bonchev–Trinajstić information content (AvgIpc) is 3.57. The number of amides is 1. The number of alkyl carbamates (subject to hydrolysis) is 1. The molecule has 0 aliphatic heterocycles. The third-order valence-electron chi connectivity index (χ3n) is 14.7. The zero-order chi connectivity index (χ0) is 34.3. The van der Waals surface area contributed by atoms with Crippen molar-refractivity contribution in [2.45, 2.75) is 143 Å². The normalized spacial score (nSPS) is 42.6. The molecular formula is C36H59NO9. The SMILES string of the molecule is COC(C[C@@H](C)[C@H]1C[C@H](O)[C@@]2(C)C3CC[C@H]4C(C)(C)C(OC(=O)NCC(=O)O)CCC45CC35CCC12C)C(OC(C)=O)C(C)(C)O. The second-order valence-corrected chi connectivity index (χ2v) is 17.4. The fraction of sp³-hybridized carbons (Fsp3) is 0.917. The molecule has 10 heteroatoms. The molecule has 0 aromatic heterocycles. The van der Waals surface area contributed by atoms with E-state index in [0.717, 1.165) is 51.4 Å². The van der Waals surface area contributed by atoms with E-state index in [1.54, 1.807) is 21.0 Å². The number of aliphatic hydroxyl groups excluding tert-OH is 1. The molecule has 5 fully saturated rings. The minimum atomic E-state index is -1.27. The number of fused-ring (bicyclic) bond motifs is 2. The zero-order valence-electron chi connectivity index (χ0n) is 29.5. The van der Waals surface area contributed by atoms with E-state index in [-0.39, 0.29) is 45.0 Å². The Kier molecular flexibility index (Phi) is 8.93. The Labute approximate surface area is 274 Å². The molecule has 10 nitrogen and oxygen atoms in total. The van der Waals surface area contributed by atoms with Gasteiger partial charge in [0.25, 0.3) is 0 Å². The first-order chi connectivity index (χ1) is 21.2. The standard InChI is InChI=1S/C36H59NO9/c1-20(16-23(44-9)29(32(5,6)43)45-21(2)38)22-17-26(39)34(8)25-11-10-24-31(3,4)27(46-30(42)37-18-28(40)41)12-13-35(24)19-36(25,35)15-14-33(22,34)7/h20,22-27,29,39,43H,10-19H2,1-9H3,(H,37,42)(H,40,41)/t20-,22-,23?,24+,25?,26+,27?,29?,33?,34-,35?,36?/m1/s1. The Bertz CT molecular complexity index is 1210. The second kappa shape index (κ2) is 11.6. The summed E-state index contributed by atoms with van der Waals surface area (Å²) in [5.74, 6) is -0.332. The predicted molar refractivity (Wildman–Crippen MR) is 171 cm³/mol. The van der Waals surface area contributed by atoms with Crippen LogP contribution >= 0.6 is 0 Å². The van der Waals surface area contributed by atoms with Crippen LogP contribution in [0.25, 0.3) is 0 Å². The molecule has 5 aliphatic rings. The minimum absolute atomic E-state index is 0.0830. The van der Waals surface area contributed by atoms with Crippen LogP contribution in [0, 0.1) is 50.7 Å². The maximum absolute atomic E-state index is 12.5. The molecule has 1 amide bonds. The van der Waals surface area contributed by atoms with E-state index in [9.17, 15) is 24.6 Å². The molecule has 5 rings (SSSR count). The van der Waals surface area contributed by atoms with Crippen LogP contribution in [0.3, 0.4) is 0 Å². The molecule has 262 valence electrons. The Balaban J connectivity index is 1.35. The molecule has 0 bridgehead atoms. The number of rotatable bonds is 10. The lowest BCUT2D eigenvalue weighted by Gasteiger charge is -2.63. The number of esters is 1. The van der Waals surface area contributed by atoms with E-state index < -0.39 is 48.5 Å². The highest BCUT2D eigenvalue weighted by Gasteiger charge is 2.83. The van der Waals surface area contributed by atoms with Crippen molar-refractivity contribution in [1.82, 2.24) is 5.32 Å². The van der Waals surface area contributed by atoms with Gasteiger partial charge in [0.15, 0.2) is 6.10 Å². The van der Waals surface area contributed by atoms with Crippen molar-refractivity contribution in [3.8, 4) is 0 Å². The lowest BCUT2D eigenvalue weighted by atomic mass is 9.41. The van der Waals surface area contributed by atoms with Crippen molar-refractivity contribution in [2.75, 3.05) is 13.7 Å². The van der Waals surface area contributed by atoms with Crippen molar-refractivity contribution in [2.24, 2.45) is 50.7 Å². The van der Waals surface area contributed by atoms with E-state index in [0.29, 0.717) is 18.3 Å². The van der Waals surface area contributed by atoms with Gasteiger partial charge in [-0.25, -0.2) is 4.79 Å². The number of carboxylic acids is 1. The molecule has 4 N–H and O–H groups in total. The van der Waals surface area contributed by atoms with Gasteiger partial charge in [-0.2, -0.15) is 0 Å². The molecule has 0 radical (unpaired) electrons. The van der Waals surface area contributed by atoms with Crippen molar-refractivity contribution >= 4 is 18.0 Å². The number of aliphatic carboxylic acids is 1. The summed E-state index contributed by atoms with van der Waals surface area (Å²) in [7, 11) is 1.61. The highest BCUT2D eigenvalue weighted by Crippen LogP contribution is 2.89. The summed E-state index contributed by atoms with van der Waals surface area (Å²) >= 11 is 0. The summed E-state index contributed by atoms with van der Waals surface area (Å²) in [5, 5.41) is 34.3. The van der Waals surface area contributed by atoms with E-state index >= 15 is 0 Å². The lowest BCUT2D eigenvalue weighted by Crippen LogP contribution is -2.60. The molecule has 0 aromatic rings. The van der Waals surface area contributed by atoms with Crippen molar-refractivity contribution in [1.29, 1.82) is 0 Å². The minimum Gasteiger partial charge on any atom is -0.480 e. The van der Waals surface area contributed by atoms with Gasteiger partial charge in [0.05, 0.1) is 17.8 Å². The second-order valence-electron chi connectivity index (χ2n) is 17.4. The quantitative estimate of drug-likeness (QED) is 0.231. The molecule has 12 atom stereocenters. The predicted octanol–water partition coefficient (Wildman–Crippen LogP) is 5.32. The van der Waals surface area contributed by atoms with Crippen molar-refractivity contribution < 1.29 is 43.9 Å². The molecule has 2 spiro atoms. The Morgan fingerprint density at radius 2 is 1.63 bits per heavy atom. The van der Waals surface area contributed by atoms with Gasteiger partial charge in [-0.15, -0.1) is 0 Å². The third kappa shape index (κ3) is 5.18. The molecule has 0 aromatic carbocycles. The molecular weight excluding hydrogens is 590 g/mol. The third-order valence-corrected chi connectivity index (χ3v) is 14.7. The molecule has 0 saturated heterocycles. The van der Waals surface area contributed by atoms with Crippen LogP contribution in [-0.2, 0) is 23.8 Å². The highest BCUT2D eigenvalue weighted by atomic mass is 16.6. The summed E-state index contributed by atoms with van der Waals surface area (Å²) in [6.07, 6.45) is 5.83. The van der Waals surface area contributed by atoms with E-state index in [1.165, 1.54) is 6.92 Å². The first-order valence-electron chi connectivity index (χ1n) is 17.5. The summed E-state index contributed by atoms with van der Waals surface area (Å²) in [5.41, 5.74) is -1.49. The van der Waals surface area contributed by atoms with Crippen molar-refractivity contribution in [3.63, 3.8) is 0 Å².